The highest BCUT2D eigenvalue weighted by Gasteiger charge is 2.54. The number of carbonyl (C=O) groups excluding carboxylic acids is 4. The number of benzene rings is 2. The minimum Gasteiger partial charge on any atom is -0.463 e. The number of carbonyl (C=O) groups is 4. The molecule has 1 aliphatic heterocycles. The number of hydrogen-bond donors (Lipinski definition) is 0. The average Bonchev–Trinajstić information content (AvgIpc) is 3.34. The van der Waals surface area contributed by atoms with E-state index in [1.54, 1.807) is 0 Å². The molecule has 3 aromatic rings. The van der Waals surface area contributed by atoms with Crippen LogP contribution < -0.4 is 0 Å². The van der Waals surface area contributed by atoms with Crippen molar-refractivity contribution in [1.29, 1.82) is 0 Å². The highest BCUT2D eigenvalue weighted by molar-refractivity contribution is 5.94. The predicted octanol–water partition coefficient (Wildman–Crippen LogP) is 2.69. The molecule has 0 bridgehead atoms. The minimum atomic E-state index is -1.33. The van der Waals surface area contributed by atoms with E-state index in [9.17, 15) is 19.2 Å². The fraction of sp³-hybridized carbons (Fsp3) is 0.385. The molecule has 12 heteroatoms. The van der Waals surface area contributed by atoms with E-state index >= 15 is 0 Å². The Morgan fingerprint density at radius 3 is 2.11 bits per heavy atom. The summed E-state index contributed by atoms with van der Waals surface area (Å²) in [6.07, 6.45) is -6.29. The lowest BCUT2D eigenvalue weighted by atomic mass is 9.93. The number of aromatic nitrogens is 2. The van der Waals surface area contributed by atoms with Gasteiger partial charge in [-0.3, -0.25) is 19.2 Å². The third-order valence-electron chi connectivity index (χ3n) is 5.71. The zero-order chi connectivity index (χ0) is 27.4. The van der Waals surface area contributed by atoms with Crippen LogP contribution in [0, 0.1) is 0 Å². The summed E-state index contributed by atoms with van der Waals surface area (Å²) in [4.78, 5) is 52.0. The Labute approximate surface area is 217 Å². The second-order valence-corrected chi connectivity index (χ2v) is 8.60. The van der Waals surface area contributed by atoms with Crippen LogP contribution in [0.25, 0.3) is 22.2 Å². The standard InChI is InChI=1S/C26H26N2O10/c1-13(29)33-12-20-21(34-14(2)30)22(35-15(3)31)23(36-16(4)32)24(37-20)25-27-26(38-28-25)19-11-7-9-17-8-5-6-10-18(17)19/h5-11,20-24H,12H2,1-4H3/t20-,21-,22+,23-,24-/m1/s1. The van der Waals surface area contributed by atoms with Crippen LogP contribution in [0.4, 0.5) is 0 Å². The van der Waals surface area contributed by atoms with Gasteiger partial charge in [-0.1, -0.05) is 41.6 Å². The molecular formula is C26H26N2O10. The SMILES string of the molecule is CC(=O)OC[C@H]1O[C@@H](c2noc(-c3cccc4ccccc34)n2)[C@H](OC(C)=O)[C@@H](OC(C)=O)[C@@H]1OC(C)=O. The summed E-state index contributed by atoms with van der Waals surface area (Å²) >= 11 is 0. The Morgan fingerprint density at radius 1 is 0.789 bits per heavy atom. The van der Waals surface area contributed by atoms with Crippen molar-refractivity contribution in [1.82, 2.24) is 10.1 Å². The predicted molar refractivity (Wildman–Crippen MR) is 128 cm³/mol. The maximum atomic E-state index is 12.1. The number of fused-ring (bicyclic) bond motifs is 1. The number of ether oxygens (including phenoxy) is 5. The van der Waals surface area contributed by atoms with Gasteiger partial charge in [0.1, 0.15) is 12.7 Å². The molecule has 5 atom stereocenters. The van der Waals surface area contributed by atoms with E-state index in [0.29, 0.717) is 5.56 Å². The molecule has 1 aromatic heterocycles. The molecule has 12 nitrogen and oxygen atoms in total. The van der Waals surface area contributed by atoms with Gasteiger partial charge in [0.25, 0.3) is 5.89 Å². The van der Waals surface area contributed by atoms with Crippen LogP contribution in [-0.4, -0.2) is 65.0 Å². The summed E-state index contributed by atoms with van der Waals surface area (Å²) in [5.74, 6) is -2.65. The second kappa shape index (κ2) is 11.4. The number of nitrogens with zero attached hydrogens (tertiary/aromatic N) is 2. The maximum Gasteiger partial charge on any atom is 0.303 e. The van der Waals surface area contributed by atoms with Gasteiger partial charge in [0.2, 0.25) is 5.82 Å². The van der Waals surface area contributed by atoms with Gasteiger partial charge in [-0.05, 0) is 16.8 Å². The fourth-order valence-electron chi connectivity index (χ4n) is 4.31. The van der Waals surface area contributed by atoms with Crippen LogP contribution in [-0.2, 0) is 42.9 Å². The lowest BCUT2D eigenvalue weighted by molar-refractivity contribution is -0.255. The van der Waals surface area contributed by atoms with Gasteiger partial charge in [0, 0.05) is 33.3 Å². The first-order valence-electron chi connectivity index (χ1n) is 11.8. The van der Waals surface area contributed by atoms with E-state index in [1.165, 1.54) is 6.92 Å². The van der Waals surface area contributed by atoms with Crippen LogP contribution in [0.15, 0.2) is 47.0 Å². The summed E-state index contributed by atoms with van der Waals surface area (Å²) in [5.41, 5.74) is 0.660. The van der Waals surface area contributed by atoms with Gasteiger partial charge in [-0.15, -0.1) is 0 Å². The quantitative estimate of drug-likeness (QED) is 0.328. The number of rotatable bonds is 7. The molecule has 2 aromatic carbocycles. The first-order valence-corrected chi connectivity index (χ1v) is 11.8. The summed E-state index contributed by atoms with van der Waals surface area (Å²) < 4.78 is 33.1. The zero-order valence-electron chi connectivity index (χ0n) is 21.1. The molecule has 2 heterocycles. The molecule has 0 saturated carbocycles. The van der Waals surface area contributed by atoms with Crippen molar-refractivity contribution in [2.24, 2.45) is 0 Å². The largest absolute Gasteiger partial charge is 0.463 e. The molecule has 1 aliphatic rings. The molecule has 0 unspecified atom stereocenters. The van der Waals surface area contributed by atoms with Crippen molar-refractivity contribution in [2.45, 2.75) is 58.2 Å². The summed E-state index contributed by atoms with van der Waals surface area (Å²) in [5, 5.41) is 5.87. The lowest BCUT2D eigenvalue weighted by Crippen LogP contribution is -2.59. The molecule has 4 rings (SSSR count). The van der Waals surface area contributed by atoms with Crippen molar-refractivity contribution < 1.29 is 47.4 Å². The molecule has 200 valence electrons. The molecule has 0 amide bonds. The summed E-state index contributed by atoms with van der Waals surface area (Å²) in [6, 6.07) is 13.2. The van der Waals surface area contributed by atoms with Crippen molar-refractivity contribution in [3.63, 3.8) is 0 Å². The van der Waals surface area contributed by atoms with Crippen molar-refractivity contribution >= 4 is 34.6 Å². The van der Waals surface area contributed by atoms with Gasteiger partial charge < -0.3 is 28.2 Å². The van der Waals surface area contributed by atoms with Crippen molar-refractivity contribution in [3.05, 3.63) is 48.3 Å². The maximum absolute atomic E-state index is 12.1. The van der Waals surface area contributed by atoms with Gasteiger partial charge >= 0.3 is 23.9 Å². The Kier molecular flexibility index (Phi) is 8.01. The highest BCUT2D eigenvalue weighted by atomic mass is 16.7. The van der Waals surface area contributed by atoms with E-state index in [2.05, 4.69) is 10.1 Å². The van der Waals surface area contributed by atoms with E-state index < -0.39 is 54.4 Å². The second-order valence-electron chi connectivity index (χ2n) is 8.60. The molecular weight excluding hydrogens is 500 g/mol. The van der Waals surface area contributed by atoms with Crippen LogP contribution in [0.1, 0.15) is 39.6 Å². The molecule has 0 spiro atoms. The lowest BCUT2D eigenvalue weighted by Gasteiger charge is -2.43. The summed E-state index contributed by atoms with van der Waals surface area (Å²) in [7, 11) is 0. The first kappa shape index (κ1) is 26.7. The Morgan fingerprint density at radius 2 is 1.42 bits per heavy atom. The van der Waals surface area contributed by atoms with Gasteiger partial charge in [0.15, 0.2) is 24.4 Å². The van der Waals surface area contributed by atoms with Crippen LogP contribution in [0.2, 0.25) is 0 Å². The van der Waals surface area contributed by atoms with E-state index in [1.807, 2.05) is 42.5 Å². The third kappa shape index (κ3) is 5.97. The van der Waals surface area contributed by atoms with Crippen LogP contribution >= 0.6 is 0 Å². The first-order chi connectivity index (χ1) is 18.1. The van der Waals surface area contributed by atoms with E-state index in [0.717, 1.165) is 31.5 Å². The van der Waals surface area contributed by atoms with Gasteiger partial charge in [0.05, 0.1) is 0 Å². The average molecular weight is 526 g/mol. The van der Waals surface area contributed by atoms with E-state index in [-0.39, 0.29) is 18.3 Å². The van der Waals surface area contributed by atoms with Crippen molar-refractivity contribution in [2.75, 3.05) is 6.61 Å². The molecule has 1 saturated heterocycles. The smallest absolute Gasteiger partial charge is 0.303 e. The molecule has 0 radical (unpaired) electrons. The topological polar surface area (TPSA) is 153 Å². The molecule has 1 fully saturated rings. The molecule has 38 heavy (non-hydrogen) atoms. The monoisotopic (exact) mass is 526 g/mol. The van der Waals surface area contributed by atoms with Crippen LogP contribution in [0.5, 0.6) is 0 Å². The fourth-order valence-corrected chi connectivity index (χ4v) is 4.31. The van der Waals surface area contributed by atoms with Crippen LogP contribution in [0.3, 0.4) is 0 Å². The summed E-state index contributed by atoms with van der Waals surface area (Å²) in [6.45, 7) is 4.29. The number of esters is 4. The Balaban J connectivity index is 1.77. The highest BCUT2D eigenvalue weighted by Crippen LogP contribution is 2.38. The Bertz CT molecular complexity index is 1350. The Hall–Kier alpha value is -4.32. The zero-order valence-corrected chi connectivity index (χ0v) is 21.1. The third-order valence-corrected chi connectivity index (χ3v) is 5.71. The van der Waals surface area contributed by atoms with Crippen molar-refractivity contribution in [3.8, 4) is 11.5 Å². The van der Waals surface area contributed by atoms with E-state index in [4.69, 9.17) is 28.2 Å². The normalized spacial score (nSPS) is 22.9. The number of hydrogen-bond acceptors (Lipinski definition) is 12. The minimum absolute atomic E-state index is 0.0227. The molecule has 0 aliphatic carbocycles. The van der Waals surface area contributed by atoms with Gasteiger partial charge in [-0.25, -0.2) is 0 Å². The molecule has 0 N–H and O–H groups in total. The van der Waals surface area contributed by atoms with Gasteiger partial charge in [-0.2, -0.15) is 4.98 Å².